The summed E-state index contributed by atoms with van der Waals surface area (Å²) < 4.78 is 13.1. The summed E-state index contributed by atoms with van der Waals surface area (Å²) >= 11 is 0. The molecule has 0 aliphatic rings. The number of nitrogens with one attached hydrogen (secondary N) is 1. The lowest BCUT2D eigenvalue weighted by atomic mass is 10.0. The molecule has 0 fully saturated rings. The molecule has 0 amide bonds. The van der Waals surface area contributed by atoms with Gasteiger partial charge in [0.1, 0.15) is 17.1 Å². The predicted molar refractivity (Wildman–Crippen MR) is 60.4 cm³/mol. The maximum Gasteiger partial charge on any atom is 0.339 e. The van der Waals surface area contributed by atoms with Crippen LogP contribution in [0.1, 0.15) is 21.6 Å². The van der Waals surface area contributed by atoms with Crippen LogP contribution in [0.3, 0.4) is 0 Å². The van der Waals surface area contributed by atoms with E-state index in [1.165, 1.54) is 12.1 Å². The number of aromatic carboxylic acids is 1. The second-order valence-corrected chi connectivity index (χ2v) is 3.84. The van der Waals surface area contributed by atoms with Crippen LogP contribution in [0.2, 0.25) is 0 Å². The molecule has 0 saturated heterocycles. The smallest absolute Gasteiger partial charge is 0.339 e. The molecule has 88 valence electrons. The number of hydrogen-bond donors (Lipinski definition) is 2. The van der Waals surface area contributed by atoms with E-state index in [0.29, 0.717) is 22.5 Å². The summed E-state index contributed by atoms with van der Waals surface area (Å²) in [5.74, 6) is -1.37. The van der Waals surface area contributed by atoms with E-state index in [1.54, 1.807) is 19.9 Å². The number of benzene rings is 1. The van der Waals surface area contributed by atoms with Crippen LogP contribution in [0, 0.1) is 19.7 Å². The Kier molecular flexibility index (Phi) is 2.67. The average molecular weight is 234 g/mol. The van der Waals surface area contributed by atoms with E-state index in [2.05, 4.69) is 10.2 Å². The van der Waals surface area contributed by atoms with Gasteiger partial charge in [0.15, 0.2) is 0 Å². The van der Waals surface area contributed by atoms with Crippen LogP contribution >= 0.6 is 0 Å². The summed E-state index contributed by atoms with van der Waals surface area (Å²) in [7, 11) is 0. The van der Waals surface area contributed by atoms with Gasteiger partial charge in [-0.2, -0.15) is 5.10 Å². The second-order valence-electron chi connectivity index (χ2n) is 3.84. The minimum atomic E-state index is -1.05. The first-order valence-electron chi connectivity index (χ1n) is 5.05. The molecule has 0 saturated carbocycles. The van der Waals surface area contributed by atoms with E-state index in [-0.39, 0.29) is 11.4 Å². The van der Waals surface area contributed by atoms with Gasteiger partial charge in [0.25, 0.3) is 0 Å². The van der Waals surface area contributed by atoms with Crippen molar-refractivity contribution < 1.29 is 14.3 Å². The van der Waals surface area contributed by atoms with Crippen molar-refractivity contribution in [1.82, 2.24) is 10.2 Å². The van der Waals surface area contributed by atoms with Crippen molar-refractivity contribution in [1.29, 1.82) is 0 Å². The van der Waals surface area contributed by atoms with Gasteiger partial charge in [0, 0.05) is 11.3 Å². The van der Waals surface area contributed by atoms with Crippen molar-refractivity contribution in [3.05, 3.63) is 40.8 Å². The molecule has 0 aliphatic carbocycles. The van der Waals surface area contributed by atoms with Gasteiger partial charge in [-0.15, -0.1) is 0 Å². The van der Waals surface area contributed by atoms with E-state index in [1.807, 2.05) is 0 Å². The Hall–Kier alpha value is -2.17. The standard InChI is InChI=1S/C12H11FN2O2/c1-6-5-8(3-4-9(6)13)11-10(12(16)17)7(2)14-15-11/h3-5H,1-2H3,(H,14,15)(H,16,17). The normalized spacial score (nSPS) is 10.5. The average Bonchev–Trinajstić information content (AvgIpc) is 2.64. The Labute approximate surface area is 97.1 Å². The molecule has 0 spiro atoms. The lowest BCUT2D eigenvalue weighted by molar-refractivity contribution is 0.0697. The molecule has 4 nitrogen and oxygen atoms in total. The van der Waals surface area contributed by atoms with Gasteiger partial charge < -0.3 is 5.11 Å². The Bertz CT molecular complexity index is 590. The summed E-state index contributed by atoms with van der Waals surface area (Å²) in [6.45, 7) is 3.26. The Morgan fingerprint density at radius 1 is 1.41 bits per heavy atom. The number of H-pyrrole nitrogens is 1. The van der Waals surface area contributed by atoms with Crippen LogP contribution in [-0.4, -0.2) is 21.3 Å². The summed E-state index contributed by atoms with van der Waals surface area (Å²) in [6.07, 6.45) is 0. The van der Waals surface area contributed by atoms with Gasteiger partial charge in [-0.3, -0.25) is 5.10 Å². The third-order valence-electron chi connectivity index (χ3n) is 2.59. The van der Waals surface area contributed by atoms with Gasteiger partial charge in [-0.25, -0.2) is 9.18 Å². The maximum absolute atomic E-state index is 13.1. The summed E-state index contributed by atoms with van der Waals surface area (Å²) in [4.78, 5) is 11.1. The van der Waals surface area contributed by atoms with Crippen molar-refractivity contribution in [2.75, 3.05) is 0 Å². The zero-order chi connectivity index (χ0) is 12.6. The van der Waals surface area contributed by atoms with E-state index >= 15 is 0 Å². The Balaban J connectivity index is 2.60. The minimum Gasteiger partial charge on any atom is -0.478 e. The SMILES string of the molecule is Cc1cc(-c2n[nH]c(C)c2C(=O)O)ccc1F. The molecular formula is C12H11FN2O2. The van der Waals surface area contributed by atoms with E-state index < -0.39 is 5.97 Å². The van der Waals surface area contributed by atoms with Gasteiger partial charge in [-0.1, -0.05) is 0 Å². The summed E-state index contributed by atoms with van der Waals surface area (Å²) in [6, 6.07) is 4.40. The van der Waals surface area contributed by atoms with Gasteiger partial charge in [0.2, 0.25) is 0 Å². The third-order valence-corrected chi connectivity index (χ3v) is 2.59. The van der Waals surface area contributed by atoms with E-state index in [4.69, 9.17) is 5.11 Å². The lowest BCUT2D eigenvalue weighted by Crippen LogP contribution is -1.99. The second kappa shape index (κ2) is 4.01. The van der Waals surface area contributed by atoms with E-state index in [0.717, 1.165) is 0 Å². The van der Waals surface area contributed by atoms with Crippen LogP contribution in [0.15, 0.2) is 18.2 Å². The first-order valence-corrected chi connectivity index (χ1v) is 5.05. The first-order chi connectivity index (χ1) is 8.00. The zero-order valence-corrected chi connectivity index (χ0v) is 9.41. The fraction of sp³-hybridized carbons (Fsp3) is 0.167. The van der Waals surface area contributed by atoms with Crippen LogP contribution in [-0.2, 0) is 0 Å². The van der Waals surface area contributed by atoms with Crippen molar-refractivity contribution in [3.8, 4) is 11.3 Å². The number of rotatable bonds is 2. The highest BCUT2D eigenvalue weighted by Crippen LogP contribution is 2.25. The third kappa shape index (κ3) is 1.91. The molecule has 1 heterocycles. The molecule has 2 rings (SSSR count). The molecular weight excluding hydrogens is 223 g/mol. The Morgan fingerprint density at radius 2 is 2.12 bits per heavy atom. The van der Waals surface area contributed by atoms with Crippen LogP contribution in [0.4, 0.5) is 4.39 Å². The lowest BCUT2D eigenvalue weighted by Gasteiger charge is -2.02. The minimum absolute atomic E-state index is 0.121. The molecule has 0 bridgehead atoms. The number of aromatic amines is 1. The molecule has 1 aromatic carbocycles. The van der Waals surface area contributed by atoms with Crippen molar-refractivity contribution in [2.45, 2.75) is 13.8 Å². The highest BCUT2D eigenvalue weighted by atomic mass is 19.1. The Morgan fingerprint density at radius 3 is 2.71 bits per heavy atom. The van der Waals surface area contributed by atoms with Gasteiger partial charge in [0.05, 0.1) is 0 Å². The van der Waals surface area contributed by atoms with E-state index in [9.17, 15) is 9.18 Å². The predicted octanol–water partition coefficient (Wildman–Crippen LogP) is 2.53. The quantitative estimate of drug-likeness (QED) is 0.839. The summed E-state index contributed by atoms with van der Waals surface area (Å²) in [5, 5.41) is 15.7. The van der Waals surface area contributed by atoms with Gasteiger partial charge in [-0.05, 0) is 37.6 Å². The number of halogens is 1. The number of aromatic nitrogens is 2. The van der Waals surface area contributed by atoms with Gasteiger partial charge >= 0.3 is 5.97 Å². The zero-order valence-electron chi connectivity index (χ0n) is 9.41. The molecule has 5 heteroatoms. The molecule has 0 unspecified atom stereocenters. The van der Waals surface area contributed by atoms with Crippen LogP contribution in [0.5, 0.6) is 0 Å². The molecule has 17 heavy (non-hydrogen) atoms. The molecule has 0 radical (unpaired) electrons. The van der Waals surface area contributed by atoms with Crippen molar-refractivity contribution >= 4 is 5.97 Å². The molecule has 0 aliphatic heterocycles. The fourth-order valence-corrected chi connectivity index (χ4v) is 1.69. The number of hydrogen-bond acceptors (Lipinski definition) is 2. The van der Waals surface area contributed by atoms with Crippen LogP contribution < -0.4 is 0 Å². The number of carbonyl (C=O) groups is 1. The number of carboxylic acids is 1. The first kappa shape index (κ1) is 11.3. The topological polar surface area (TPSA) is 66.0 Å². The monoisotopic (exact) mass is 234 g/mol. The number of carboxylic acid groups (broad SMARTS) is 1. The highest BCUT2D eigenvalue weighted by Gasteiger charge is 2.18. The maximum atomic E-state index is 13.1. The molecule has 2 aromatic rings. The van der Waals surface area contributed by atoms with Crippen molar-refractivity contribution in [3.63, 3.8) is 0 Å². The molecule has 2 N–H and O–H groups in total. The number of aryl methyl sites for hydroxylation is 2. The van der Waals surface area contributed by atoms with Crippen LogP contribution in [0.25, 0.3) is 11.3 Å². The van der Waals surface area contributed by atoms with Crippen molar-refractivity contribution in [2.24, 2.45) is 0 Å². The highest BCUT2D eigenvalue weighted by molar-refractivity contribution is 5.96. The largest absolute Gasteiger partial charge is 0.478 e. The number of nitrogens with zero attached hydrogens (tertiary/aromatic N) is 1. The summed E-state index contributed by atoms with van der Waals surface area (Å²) in [5.41, 5.74) is 1.98. The fourth-order valence-electron chi connectivity index (χ4n) is 1.69. The molecule has 0 atom stereocenters. The molecule has 1 aromatic heterocycles.